The van der Waals surface area contributed by atoms with Gasteiger partial charge in [-0.05, 0) is 32.9 Å². The molecule has 1 aromatic carbocycles. The van der Waals surface area contributed by atoms with Crippen LogP contribution in [0.1, 0.15) is 22.5 Å². The lowest BCUT2D eigenvalue weighted by Gasteiger charge is -2.27. The van der Waals surface area contributed by atoms with Crippen molar-refractivity contribution >= 4 is 41.3 Å². The summed E-state index contributed by atoms with van der Waals surface area (Å²) in [7, 11) is 0. The van der Waals surface area contributed by atoms with Crippen LogP contribution < -0.4 is 20.1 Å². The Balaban J connectivity index is 0.00000243. The maximum absolute atomic E-state index is 5.97. The van der Waals surface area contributed by atoms with Gasteiger partial charge in [-0.3, -0.25) is 0 Å². The van der Waals surface area contributed by atoms with Crippen molar-refractivity contribution < 1.29 is 9.47 Å². The fourth-order valence-corrected chi connectivity index (χ4v) is 3.45. The van der Waals surface area contributed by atoms with Gasteiger partial charge in [0, 0.05) is 11.4 Å². The van der Waals surface area contributed by atoms with Crippen molar-refractivity contribution in [3.8, 4) is 11.5 Å². The third kappa shape index (κ3) is 5.47. The number of benzene rings is 1. The molecule has 0 amide bonds. The van der Waals surface area contributed by atoms with Gasteiger partial charge in [-0.1, -0.05) is 12.1 Å². The molecule has 3 rings (SSSR count). The number of aromatic nitrogens is 1. The fraction of sp³-hybridized carbons (Fsp3) is 0.444. The predicted molar refractivity (Wildman–Crippen MR) is 116 cm³/mol. The molecule has 0 aliphatic carbocycles. The molecule has 0 fully saturated rings. The molecule has 8 heteroatoms. The number of hydrogen-bond acceptors (Lipinski definition) is 5. The average molecular weight is 488 g/mol. The van der Waals surface area contributed by atoms with Crippen molar-refractivity contribution in [3.63, 3.8) is 0 Å². The van der Waals surface area contributed by atoms with Gasteiger partial charge in [-0.25, -0.2) is 9.98 Å². The van der Waals surface area contributed by atoms with Crippen LogP contribution >= 0.6 is 35.3 Å². The molecular formula is C18H25IN4O2S. The van der Waals surface area contributed by atoms with Crippen molar-refractivity contribution in [3.05, 3.63) is 39.8 Å². The van der Waals surface area contributed by atoms with Crippen LogP contribution in [0.5, 0.6) is 11.5 Å². The molecule has 1 aliphatic heterocycles. The van der Waals surface area contributed by atoms with Crippen LogP contribution in [-0.2, 0) is 6.54 Å². The molecule has 0 spiro atoms. The van der Waals surface area contributed by atoms with E-state index in [0.29, 0.717) is 19.7 Å². The van der Waals surface area contributed by atoms with Crippen LogP contribution in [0.4, 0.5) is 0 Å². The van der Waals surface area contributed by atoms with E-state index in [-0.39, 0.29) is 30.1 Å². The standard InChI is InChI=1S/C18H24N4O2S.HI/c1-4-19-18(21-10-17-12(2)22-13(3)25-17)20-9-14-11-23-15-7-5-6-8-16(15)24-14;/h5-8,14H,4,9-11H2,1-3H3,(H2,19,20,21);1H. The Bertz CT molecular complexity index is 751. The number of guanidine groups is 1. The lowest BCUT2D eigenvalue weighted by molar-refractivity contribution is 0.0936. The molecule has 0 saturated carbocycles. The molecule has 2 heterocycles. The van der Waals surface area contributed by atoms with Gasteiger partial charge < -0.3 is 20.1 Å². The second-order valence-corrected chi connectivity index (χ2v) is 7.10. The minimum Gasteiger partial charge on any atom is -0.486 e. The van der Waals surface area contributed by atoms with Gasteiger partial charge in [-0.15, -0.1) is 35.3 Å². The summed E-state index contributed by atoms with van der Waals surface area (Å²) in [5.41, 5.74) is 1.06. The molecule has 2 aromatic rings. The summed E-state index contributed by atoms with van der Waals surface area (Å²) in [4.78, 5) is 10.3. The second kappa shape index (κ2) is 9.96. The van der Waals surface area contributed by atoms with Crippen LogP contribution in [-0.4, -0.2) is 36.7 Å². The van der Waals surface area contributed by atoms with E-state index >= 15 is 0 Å². The maximum Gasteiger partial charge on any atom is 0.191 e. The Morgan fingerprint density at radius 1 is 1.27 bits per heavy atom. The molecule has 0 saturated heterocycles. The first kappa shape index (κ1) is 20.8. The van der Waals surface area contributed by atoms with Crippen LogP contribution in [0.3, 0.4) is 0 Å². The van der Waals surface area contributed by atoms with Gasteiger partial charge in [0.25, 0.3) is 0 Å². The van der Waals surface area contributed by atoms with Crippen molar-refractivity contribution in [1.29, 1.82) is 0 Å². The van der Waals surface area contributed by atoms with Crippen LogP contribution in [0.25, 0.3) is 0 Å². The lowest BCUT2D eigenvalue weighted by Crippen LogP contribution is -2.45. The van der Waals surface area contributed by atoms with Crippen molar-refractivity contribution in [2.75, 3.05) is 19.7 Å². The van der Waals surface area contributed by atoms with Gasteiger partial charge in [0.2, 0.25) is 0 Å². The highest BCUT2D eigenvalue weighted by Crippen LogP contribution is 2.30. The first-order chi connectivity index (χ1) is 12.2. The summed E-state index contributed by atoms with van der Waals surface area (Å²) in [6.07, 6.45) is -0.0499. The molecular weight excluding hydrogens is 463 g/mol. The zero-order valence-electron chi connectivity index (χ0n) is 15.2. The van der Waals surface area contributed by atoms with Crippen LogP contribution in [0, 0.1) is 13.8 Å². The number of hydrogen-bond donors (Lipinski definition) is 2. The van der Waals surface area contributed by atoms with Gasteiger partial charge >= 0.3 is 0 Å². The zero-order valence-corrected chi connectivity index (χ0v) is 18.4. The van der Waals surface area contributed by atoms with E-state index in [4.69, 9.17) is 9.47 Å². The molecule has 1 atom stereocenters. The van der Waals surface area contributed by atoms with E-state index in [2.05, 4.69) is 27.5 Å². The first-order valence-corrected chi connectivity index (χ1v) is 9.31. The SMILES string of the molecule is CCNC(=NCc1sc(C)nc1C)NCC1COc2ccccc2O1.I. The monoisotopic (exact) mass is 488 g/mol. The molecule has 1 unspecified atom stereocenters. The number of para-hydroxylation sites is 2. The third-order valence-corrected chi connectivity index (χ3v) is 4.85. The van der Waals surface area contributed by atoms with E-state index in [0.717, 1.165) is 34.7 Å². The Morgan fingerprint density at radius 3 is 2.73 bits per heavy atom. The molecule has 1 aliphatic rings. The number of aliphatic imine (C=N–C) groups is 1. The van der Waals surface area contributed by atoms with Gasteiger partial charge in [0.15, 0.2) is 17.5 Å². The number of ether oxygens (including phenoxy) is 2. The van der Waals surface area contributed by atoms with Gasteiger partial charge in [0.05, 0.1) is 23.8 Å². The van der Waals surface area contributed by atoms with Gasteiger partial charge in [-0.2, -0.15) is 0 Å². The smallest absolute Gasteiger partial charge is 0.191 e. The number of thiazole rings is 1. The molecule has 0 radical (unpaired) electrons. The highest BCUT2D eigenvalue weighted by molar-refractivity contribution is 14.0. The highest BCUT2D eigenvalue weighted by Gasteiger charge is 2.20. The van der Waals surface area contributed by atoms with Crippen molar-refractivity contribution in [2.45, 2.75) is 33.4 Å². The minimum atomic E-state index is -0.0499. The molecule has 26 heavy (non-hydrogen) atoms. The average Bonchev–Trinajstić information content (AvgIpc) is 2.94. The lowest BCUT2D eigenvalue weighted by atomic mass is 10.2. The maximum atomic E-state index is 5.97. The van der Waals surface area contributed by atoms with E-state index in [1.165, 1.54) is 4.88 Å². The van der Waals surface area contributed by atoms with Crippen LogP contribution in [0.15, 0.2) is 29.3 Å². The van der Waals surface area contributed by atoms with Crippen molar-refractivity contribution in [1.82, 2.24) is 15.6 Å². The summed E-state index contributed by atoms with van der Waals surface area (Å²) in [5.74, 6) is 2.36. The van der Waals surface area contributed by atoms with Crippen LogP contribution in [0.2, 0.25) is 0 Å². The Hall–Kier alpha value is -1.55. The molecule has 6 nitrogen and oxygen atoms in total. The second-order valence-electron chi connectivity index (χ2n) is 5.82. The number of nitrogens with zero attached hydrogens (tertiary/aromatic N) is 2. The minimum absolute atomic E-state index is 0. The predicted octanol–water partition coefficient (Wildman–Crippen LogP) is 3.27. The highest BCUT2D eigenvalue weighted by atomic mass is 127. The molecule has 1 aromatic heterocycles. The normalized spacial score (nSPS) is 16.0. The first-order valence-electron chi connectivity index (χ1n) is 8.49. The largest absolute Gasteiger partial charge is 0.486 e. The Labute approximate surface area is 175 Å². The topological polar surface area (TPSA) is 67.8 Å². The van der Waals surface area contributed by atoms with E-state index in [1.54, 1.807) is 11.3 Å². The number of halogens is 1. The fourth-order valence-electron chi connectivity index (χ4n) is 2.59. The number of fused-ring (bicyclic) bond motifs is 1. The Kier molecular flexibility index (Phi) is 7.95. The summed E-state index contributed by atoms with van der Waals surface area (Å²) in [6.45, 7) is 8.67. The number of nitrogens with one attached hydrogen (secondary N) is 2. The zero-order chi connectivity index (χ0) is 17.6. The number of aryl methyl sites for hydroxylation is 2. The van der Waals surface area contributed by atoms with E-state index in [9.17, 15) is 0 Å². The summed E-state index contributed by atoms with van der Waals surface area (Å²) in [5, 5.41) is 7.68. The van der Waals surface area contributed by atoms with Crippen molar-refractivity contribution in [2.24, 2.45) is 4.99 Å². The quantitative estimate of drug-likeness (QED) is 0.384. The molecule has 2 N–H and O–H groups in total. The summed E-state index contributed by atoms with van der Waals surface area (Å²) >= 11 is 1.69. The van der Waals surface area contributed by atoms with Gasteiger partial charge in [0.1, 0.15) is 12.7 Å². The summed E-state index contributed by atoms with van der Waals surface area (Å²) < 4.78 is 11.7. The summed E-state index contributed by atoms with van der Waals surface area (Å²) in [6, 6.07) is 7.74. The van der Waals surface area contributed by atoms with E-state index in [1.807, 2.05) is 38.1 Å². The third-order valence-electron chi connectivity index (χ3n) is 3.79. The molecule has 142 valence electrons. The number of rotatable bonds is 5. The molecule has 0 bridgehead atoms. The van der Waals surface area contributed by atoms with E-state index < -0.39 is 0 Å². The Morgan fingerprint density at radius 2 is 2.04 bits per heavy atom.